The summed E-state index contributed by atoms with van der Waals surface area (Å²) in [6.45, 7) is 10.1. The number of benzene rings is 2. The van der Waals surface area contributed by atoms with Crippen molar-refractivity contribution >= 4 is 5.57 Å². The Kier molecular flexibility index (Phi) is 5.73. The molecule has 0 bridgehead atoms. The highest BCUT2D eigenvalue weighted by molar-refractivity contribution is 5.74. The van der Waals surface area contributed by atoms with Crippen LogP contribution in [0.25, 0.3) is 5.57 Å². The molecular weight excluding hydrogens is 264 g/mol. The predicted molar refractivity (Wildman–Crippen MR) is 97.8 cm³/mol. The highest BCUT2D eigenvalue weighted by atomic mass is 14.0. The molecule has 0 spiro atoms. The van der Waals surface area contributed by atoms with E-state index in [0.717, 1.165) is 17.6 Å². The van der Waals surface area contributed by atoms with Crippen LogP contribution in [0.4, 0.5) is 0 Å². The van der Waals surface area contributed by atoms with E-state index in [1.54, 1.807) is 0 Å². The minimum atomic E-state index is 0.874. The van der Waals surface area contributed by atoms with Crippen LogP contribution in [0.5, 0.6) is 0 Å². The molecule has 2 rings (SSSR count). The number of hydrogen-bond donors (Lipinski definition) is 0. The lowest BCUT2D eigenvalue weighted by Crippen LogP contribution is -1.85. The van der Waals surface area contributed by atoms with E-state index in [2.05, 4.69) is 80.8 Å². The van der Waals surface area contributed by atoms with Crippen molar-refractivity contribution in [1.82, 2.24) is 0 Å². The molecule has 0 heterocycles. The average molecular weight is 286 g/mol. The molecule has 0 fully saturated rings. The van der Waals surface area contributed by atoms with Crippen LogP contribution in [-0.4, -0.2) is 0 Å². The van der Waals surface area contributed by atoms with Crippen LogP contribution < -0.4 is 0 Å². The normalized spacial score (nSPS) is 11.6. The summed E-state index contributed by atoms with van der Waals surface area (Å²) in [6, 6.07) is 18.9. The minimum Gasteiger partial charge on any atom is -0.0984 e. The van der Waals surface area contributed by atoms with Gasteiger partial charge in [-0.15, -0.1) is 0 Å². The van der Waals surface area contributed by atoms with Crippen LogP contribution in [0.15, 0.2) is 97.6 Å². The molecule has 0 amide bonds. The van der Waals surface area contributed by atoms with E-state index in [-0.39, 0.29) is 0 Å². The van der Waals surface area contributed by atoms with Crippen molar-refractivity contribution < 1.29 is 0 Å². The van der Waals surface area contributed by atoms with E-state index >= 15 is 0 Å². The zero-order chi connectivity index (χ0) is 15.8. The van der Waals surface area contributed by atoms with Gasteiger partial charge in [-0.25, -0.2) is 0 Å². The molecule has 0 atom stereocenters. The van der Waals surface area contributed by atoms with Gasteiger partial charge in [0.2, 0.25) is 0 Å². The Labute approximate surface area is 133 Å². The maximum Gasteiger partial charge on any atom is -0.00316 e. The van der Waals surface area contributed by atoms with Gasteiger partial charge in [-0.05, 0) is 30.0 Å². The quantitative estimate of drug-likeness (QED) is 0.578. The van der Waals surface area contributed by atoms with Gasteiger partial charge in [0.05, 0.1) is 0 Å². The first-order valence-corrected chi connectivity index (χ1v) is 7.48. The summed E-state index contributed by atoms with van der Waals surface area (Å²) in [6.07, 6.45) is 8.94. The monoisotopic (exact) mass is 286 g/mol. The molecule has 0 aliphatic carbocycles. The standard InChI is InChI=1S/C22H22/c1-4-21(22-15-13-18(2)14-16-22)12-8-9-19(3)17-20-10-6-5-7-11-20/h4-16H,1,3,17H2,2H3. The van der Waals surface area contributed by atoms with Crippen LogP contribution in [-0.2, 0) is 6.42 Å². The maximum atomic E-state index is 4.12. The van der Waals surface area contributed by atoms with E-state index in [1.165, 1.54) is 16.7 Å². The first-order valence-electron chi connectivity index (χ1n) is 7.48. The summed E-state index contributed by atoms with van der Waals surface area (Å²) in [4.78, 5) is 0. The van der Waals surface area contributed by atoms with Gasteiger partial charge < -0.3 is 0 Å². The summed E-state index contributed by atoms with van der Waals surface area (Å²) in [5, 5.41) is 0. The third kappa shape index (κ3) is 4.75. The SMILES string of the molecule is C=CC(=CC=CC(=C)Cc1ccccc1)c1ccc(C)cc1. The number of allylic oxidation sites excluding steroid dienone is 6. The van der Waals surface area contributed by atoms with Gasteiger partial charge in [0, 0.05) is 0 Å². The first-order chi connectivity index (χ1) is 10.7. The Balaban J connectivity index is 2.03. The molecule has 0 aliphatic heterocycles. The Morgan fingerprint density at radius 3 is 2.32 bits per heavy atom. The van der Waals surface area contributed by atoms with E-state index in [0.29, 0.717) is 0 Å². The molecule has 0 nitrogen and oxygen atoms in total. The van der Waals surface area contributed by atoms with Crippen LogP contribution in [0.3, 0.4) is 0 Å². The Morgan fingerprint density at radius 2 is 1.68 bits per heavy atom. The summed E-state index contributed by atoms with van der Waals surface area (Å²) in [5.41, 5.74) is 5.93. The number of rotatable bonds is 6. The van der Waals surface area contributed by atoms with Crippen molar-refractivity contribution in [3.05, 3.63) is 114 Å². The zero-order valence-electron chi connectivity index (χ0n) is 13.1. The van der Waals surface area contributed by atoms with Gasteiger partial charge >= 0.3 is 0 Å². The highest BCUT2D eigenvalue weighted by Crippen LogP contribution is 2.16. The average Bonchev–Trinajstić information content (AvgIpc) is 2.54. The molecule has 22 heavy (non-hydrogen) atoms. The van der Waals surface area contributed by atoms with Gasteiger partial charge in [-0.3, -0.25) is 0 Å². The third-order valence-corrected chi connectivity index (χ3v) is 3.49. The minimum absolute atomic E-state index is 0.874. The predicted octanol–water partition coefficient (Wildman–Crippen LogP) is 5.92. The molecule has 2 aromatic rings. The summed E-state index contributed by atoms with van der Waals surface area (Å²) in [5.74, 6) is 0. The maximum absolute atomic E-state index is 4.12. The van der Waals surface area contributed by atoms with Crippen molar-refractivity contribution in [2.24, 2.45) is 0 Å². The topological polar surface area (TPSA) is 0 Å². The first kappa shape index (κ1) is 15.8. The largest absolute Gasteiger partial charge is 0.0984 e. The third-order valence-electron chi connectivity index (χ3n) is 3.49. The second-order valence-corrected chi connectivity index (χ2v) is 5.37. The van der Waals surface area contributed by atoms with Crippen LogP contribution in [0.2, 0.25) is 0 Å². The molecule has 110 valence electrons. The molecular formula is C22H22. The summed E-state index contributed by atoms with van der Waals surface area (Å²) < 4.78 is 0. The lowest BCUT2D eigenvalue weighted by atomic mass is 10.0. The van der Waals surface area contributed by atoms with Crippen LogP contribution in [0, 0.1) is 6.92 Å². The molecule has 0 radical (unpaired) electrons. The second kappa shape index (κ2) is 7.99. The molecule has 0 aliphatic rings. The highest BCUT2D eigenvalue weighted by Gasteiger charge is 1.96. The Hall–Kier alpha value is -2.60. The van der Waals surface area contributed by atoms with Gasteiger partial charge in [0.1, 0.15) is 0 Å². The Bertz CT molecular complexity index is 683. The van der Waals surface area contributed by atoms with Crippen molar-refractivity contribution in [3.8, 4) is 0 Å². The van der Waals surface area contributed by atoms with Gasteiger partial charge in [0.15, 0.2) is 0 Å². The molecule has 0 aromatic heterocycles. The van der Waals surface area contributed by atoms with Gasteiger partial charge in [-0.2, -0.15) is 0 Å². The number of hydrogen-bond acceptors (Lipinski definition) is 0. The van der Waals surface area contributed by atoms with E-state index in [1.807, 2.05) is 18.2 Å². The lowest BCUT2D eigenvalue weighted by molar-refractivity contribution is 1.21. The van der Waals surface area contributed by atoms with Crippen molar-refractivity contribution in [1.29, 1.82) is 0 Å². The van der Waals surface area contributed by atoms with Crippen LogP contribution >= 0.6 is 0 Å². The van der Waals surface area contributed by atoms with E-state index in [9.17, 15) is 0 Å². The van der Waals surface area contributed by atoms with Crippen molar-refractivity contribution in [3.63, 3.8) is 0 Å². The van der Waals surface area contributed by atoms with Crippen LogP contribution in [0.1, 0.15) is 16.7 Å². The fourth-order valence-electron chi connectivity index (χ4n) is 2.23. The molecule has 2 aromatic carbocycles. The number of aryl methyl sites for hydroxylation is 1. The zero-order valence-corrected chi connectivity index (χ0v) is 13.1. The molecule has 0 unspecified atom stereocenters. The molecule has 0 N–H and O–H groups in total. The summed E-state index contributed by atoms with van der Waals surface area (Å²) in [7, 11) is 0. The molecule has 0 heteroatoms. The second-order valence-electron chi connectivity index (χ2n) is 5.37. The van der Waals surface area contributed by atoms with Gasteiger partial charge in [-0.1, -0.05) is 103 Å². The fraction of sp³-hybridized carbons (Fsp3) is 0.0909. The molecule has 0 saturated carbocycles. The van der Waals surface area contributed by atoms with E-state index < -0.39 is 0 Å². The smallest absolute Gasteiger partial charge is 0.00316 e. The fourth-order valence-corrected chi connectivity index (χ4v) is 2.23. The lowest BCUT2D eigenvalue weighted by Gasteiger charge is -2.02. The van der Waals surface area contributed by atoms with Crippen molar-refractivity contribution in [2.75, 3.05) is 0 Å². The van der Waals surface area contributed by atoms with Crippen molar-refractivity contribution in [2.45, 2.75) is 13.3 Å². The Morgan fingerprint density at radius 1 is 1.00 bits per heavy atom. The van der Waals surface area contributed by atoms with E-state index in [4.69, 9.17) is 0 Å². The van der Waals surface area contributed by atoms with Gasteiger partial charge in [0.25, 0.3) is 0 Å². The molecule has 0 saturated heterocycles. The summed E-state index contributed by atoms with van der Waals surface area (Å²) >= 11 is 0.